The van der Waals surface area contributed by atoms with Crippen LogP contribution in [0.5, 0.6) is 0 Å². The van der Waals surface area contributed by atoms with Crippen LogP contribution in [-0.4, -0.2) is 29.2 Å². The van der Waals surface area contributed by atoms with Crippen molar-refractivity contribution in [2.45, 2.75) is 38.8 Å². The van der Waals surface area contributed by atoms with Gasteiger partial charge in [0.15, 0.2) is 0 Å². The van der Waals surface area contributed by atoms with Gasteiger partial charge in [0, 0.05) is 19.1 Å². The molecule has 98 valence electrons. The summed E-state index contributed by atoms with van der Waals surface area (Å²) in [4.78, 5) is 2.49. The van der Waals surface area contributed by atoms with E-state index in [0.29, 0.717) is 18.1 Å². The first kappa shape index (κ1) is 12.2. The highest BCUT2D eigenvalue weighted by Crippen LogP contribution is 2.61. The number of rotatable bonds is 4. The van der Waals surface area contributed by atoms with Crippen molar-refractivity contribution < 1.29 is 5.11 Å². The Balaban J connectivity index is 1.69. The summed E-state index contributed by atoms with van der Waals surface area (Å²) >= 11 is 0. The Kier molecular flexibility index (Phi) is 3.16. The summed E-state index contributed by atoms with van der Waals surface area (Å²) in [5.74, 6) is 0.910. The van der Waals surface area contributed by atoms with Gasteiger partial charge in [-0.05, 0) is 29.7 Å². The molecule has 0 radical (unpaired) electrons. The van der Waals surface area contributed by atoms with Crippen molar-refractivity contribution in [3.8, 4) is 0 Å². The van der Waals surface area contributed by atoms with Crippen LogP contribution in [0.25, 0.3) is 0 Å². The number of hydrogen-bond donors (Lipinski definition) is 1. The molecule has 2 aliphatic rings. The number of hydrogen-bond acceptors (Lipinski definition) is 2. The van der Waals surface area contributed by atoms with E-state index in [1.807, 2.05) is 0 Å². The van der Waals surface area contributed by atoms with Gasteiger partial charge in [0.05, 0.1) is 6.61 Å². The molecule has 3 atom stereocenters. The van der Waals surface area contributed by atoms with Crippen LogP contribution in [-0.2, 0) is 6.54 Å². The number of aliphatic hydroxyl groups excluding tert-OH is 1. The lowest BCUT2D eigenvalue weighted by Crippen LogP contribution is -2.31. The van der Waals surface area contributed by atoms with Crippen molar-refractivity contribution in [3.63, 3.8) is 0 Å². The SMILES string of the molecule is CC[C@@H]1CC12CC(CO)N(Cc1ccccc1)C2. The van der Waals surface area contributed by atoms with Crippen LogP contribution in [0.2, 0.25) is 0 Å². The zero-order valence-electron chi connectivity index (χ0n) is 11.2. The van der Waals surface area contributed by atoms with Crippen LogP contribution < -0.4 is 0 Å². The second-order valence-electron chi connectivity index (χ2n) is 6.10. The van der Waals surface area contributed by atoms with Gasteiger partial charge in [-0.2, -0.15) is 0 Å². The third-order valence-corrected chi connectivity index (χ3v) is 4.97. The molecular weight excluding hydrogens is 222 g/mol. The Morgan fingerprint density at radius 3 is 2.67 bits per heavy atom. The first-order valence-corrected chi connectivity index (χ1v) is 7.16. The minimum Gasteiger partial charge on any atom is -0.395 e. The number of aliphatic hydroxyl groups is 1. The molecule has 0 amide bonds. The summed E-state index contributed by atoms with van der Waals surface area (Å²) in [6, 6.07) is 11.0. The van der Waals surface area contributed by atoms with E-state index in [4.69, 9.17) is 0 Å². The quantitative estimate of drug-likeness (QED) is 0.881. The maximum atomic E-state index is 9.59. The standard InChI is InChI=1S/C16H23NO/c1-2-14-8-16(14)9-15(11-18)17(12-16)10-13-6-4-3-5-7-13/h3-7,14-15,18H,2,8-12H2,1H3/t14-,15?,16?/m1/s1. The molecule has 1 spiro atoms. The van der Waals surface area contributed by atoms with E-state index in [0.717, 1.165) is 12.5 Å². The third-order valence-electron chi connectivity index (χ3n) is 4.97. The van der Waals surface area contributed by atoms with Gasteiger partial charge >= 0.3 is 0 Å². The summed E-state index contributed by atoms with van der Waals surface area (Å²) in [5.41, 5.74) is 1.92. The van der Waals surface area contributed by atoms with Crippen molar-refractivity contribution in [1.82, 2.24) is 4.90 Å². The average molecular weight is 245 g/mol. The Morgan fingerprint density at radius 1 is 1.28 bits per heavy atom. The van der Waals surface area contributed by atoms with Gasteiger partial charge in [0.25, 0.3) is 0 Å². The van der Waals surface area contributed by atoms with Gasteiger partial charge in [-0.25, -0.2) is 0 Å². The molecule has 1 N–H and O–H groups in total. The van der Waals surface area contributed by atoms with Gasteiger partial charge in [-0.1, -0.05) is 43.7 Å². The van der Waals surface area contributed by atoms with Gasteiger partial charge in [0.2, 0.25) is 0 Å². The Bertz CT molecular complexity index is 405. The second kappa shape index (κ2) is 4.67. The molecule has 2 heteroatoms. The lowest BCUT2D eigenvalue weighted by atomic mass is 9.99. The number of nitrogens with zero attached hydrogens (tertiary/aromatic N) is 1. The molecule has 0 bridgehead atoms. The third kappa shape index (κ3) is 2.08. The highest BCUT2D eigenvalue weighted by atomic mass is 16.3. The molecule has 1 saturated carbocycles. The Labute approximate surface area is 110 Å². The first-order chi connectivity index (χ1) is 8.77. The molecule has 2 fully saturated rings. The number of benzene rings is 1. The summed E-state index contributed by atoms with van der Waals surface area (Å²) in [7, 11) is 0. The molecule has 1 heterocycles. The summed E-state index contributed by atoms with van der Waals surface area (Å²) < 4.78 is 0. The van der Waals surface area contributed by atoms with E-state index in [2.05, 4.69) is 42.2 Å². The van der Waals surface area contributed by atoms with Crippen molar-refractivity contribution in [1.29, 1.82) is 0 Å². The van der Waals surface area contributed by atoms with Gasteiger partial charge in [-0.15, -0.1) is 0 Å². The normalized spacial score (nSPS) is 35.2. The van der Waals surface area contributed by atoms with E-state index >= 15 is 0 Å². The zero-order chi connectivity index (χ0) is 12.6. The maximum absolute atomic E-state index is 9.59. The second-order valence-corrected chi connectivity index (χ2v) is 6.10. The topological polar surface area (TPSA) is 23.5 Å². The molecule has 18 heavy (non-hydrogen) atoms. The molecule has 0 aromatic heterocycles. The minimum absolute atomic E-state index is 0.311. The van der Waals surface area contributed by atoms with Crippen LogP contribution in [0.4, 0.5) is 0 Å². The molecule has 1 aromatic carbocycles. The lowest BCUT2D eigenvalue weighted by molar-refractivity contribution is 0.153. The fourth-order valence-corrected chi connectivity index (χ4v) is 3.83. The molecule has 3 rings (SSSR count). The fourth-order valence-electron chi connectivity index (χ4n) is 3.83. The Morgan fingerprint density at radius 2 is 2.06 bits per heavy atom. The van der Waals surface area contributed by atoms with Crippen molar-refractivity contribution in [2.75, 3.05) is 13.2 Å². The highest BCUT2D eigenvalue weighted by Gasteiger charge is 2.58. The van der Waals surface area contributed by atoms with E-state index in [1.54, 1.807) is 0 Å². The van der Waals surface area contributed by atoms with Crippen molar-refractivity contribution in [2.24, 2.45) is 11.3 Å². The molecule has 1 aliphatic heterocycles. The molecule has 1 saturated heterocycles. The number of likely N-dealkylation sites (tertiary alicyclic amines) is 1. The van der Waals surface area contributed by atoms with Crippen LogP contribution in [0, 0.1) is 11.3 Å². The molecule has 2 unspecified atom stereocenters. The van der Waals surface area contributed by atoms with Crippen LogP contribution in [0.3, 0.4) is 0 Å². The summed E-state index contributed by atoms with van der Waals surface area (Å²) in [6.45, 7) is 4.79. The lowest BCUT2D eigenvalue weighted by Gasteiger charge is -2.22. The van der Waals surface area contributed by atoms with E-state index < -0.39 is 0 Å². The summed E-state index contributed by atoms with van der Waals surface area (Å²) in [5, 5.41) is 9.59. The Hall–Kier alpha value is -0.860. The predicted octanol–water partition coefficient (Wildman–Crippen LogP) is 2.67. The molecule has 1 aliphatic carbocycles. The minimum atomic E-state index is 0.311. The van der Waals surface area contributed by atoms with Crippen LogP contribution in [0.1, 0.15) is 31.7 Å². The van der Waals surface area contributed by atoms with E-state index in [-0.39, 0.29) is 0 Å². The predicted molar refractivity (Wildman–Crippen MR) is 73.2 cm³/mol. The zero-order valence-corrected chi connectivity index (χ0v) is 11.2. The van der Waals surface area contributed by atoms with Crippen LogP contribution >= 0.6 is 0 Å². The van der Waals surface area contributed by atoms with Crippen molar-refractivity contribution in [3.05, 3.63) is 35.9 Å². The largest absolute Gasteiger partial charge is 0.395 e. The fraction of sp³-hybridized carbons (Fsp3) is 0.625. The van der Waals surface area contributed by atoms with Gasteiger partial charge in [0.1, 0.15) is 0 Å². The maximum Gasteiger partial charge on any atom is 0.0587 e. The monoisotopic (exact) mass is 245 g/mol. The highest BCUT2D eigenvalue weighted by molar-refractivity contribution is 5.17. The first-order valence-electron chi connectivity index (χ1n) is 7.16. The van der Waals surface area contributed by atoms with Crippen molar-refractivity contribution >= 4 is 0 Å². The summed E-state index contributed by atoms with van der Waals surface area (Å²) in [6.07, 6.45) is 3.89. The van der Waals surface area contributed by atoms with Gasteiger partial charge < -0.3 is 5.11 Å². The molecular formula is C16H23NO. The van der Waals surface area contributed by atoms with E-state index in [1.165, 1.54) is 31.4 Å². The average Bonchev–Trinajstić information content (AvgIpc) is 2.97. The van der Waals surface area contributed by atoms with Gasteiger partial charge in [-0.3, -0.25) is 4.90 Å². The van der Waals surface area contributed by atoms with Crippen LogP contribution in [0.15, 0.2) is 30.3 Å². The smallest absolute Gasteiger partial charge is 0.0587 e. The molecule has 2 nitrogen and oxygen atoms in total. The van der Waals surface area contributed by atoms with E-state index in [9.17, 15) is 5.11 Å². The molecule has 1 aromatic rings.